The Kier molecular flexibility index (Phi) is 3.11. The minimum atomic E-state index is -0.194. The number of benzene rings is 1. The summed E-state index contributed by atoms with van der Waals surface area (Å²) in [5.74, 6) is 1.20. The Morgan fingerprint density at radius 2 is 2.06 bits per heavy atom. The van der Waals surface area contributed by atoms with Gasteiger partial charge in [-0.1, -0.05) is 0 Å². The topological polar surface area (TPSA) is 73.1 Å². The summed E-state index contributed by atoms with van der Waals surface area (Å²) in [6.07, 6.45) is 0. The molecule has 0 saturated heterocycles. The van der Waals surface area contributed by atoms with Crippen LogP contribution < -0.4 is 4.74 Å². The molecule has 0 radical (unpaired) electrons. The van der Waals surface area contributed by atoms with Crippen LogP contribution in [0.5, 0.6) is 5.75 Å². The molecule has 0 bridgehead atoms. The number of ether oxygens (including phenoxy) is 1. The quantitative estimate of drug-likeness (QED) is 0.814. The molecule has 0 fully saturated rings. The third-order valence-corrected chi connectivity index (χ3v) is 2.07. The van der Waals surface area contributed by atoms with Gasteiger partial charge in [0.2, 0.25) is 0 Å². The van der Waals surface area contributed by atoms with Crippen LogP contribution in [0, 0.1) is 0 Å². The molecule has 16 heavy (non-hydrogen) atoms. The van der Waals surface area contributed by atoms with Crippen molar-refractivity contribution >= 4 is 0 Å². The molecule has 0 aliphatic carbocycles. The number of hydrogen-bond donors (Lipinski definition) is 1. The number of aliphatic hydroxyl groups is 1. The van der Waals surface area contributed by atoms with Gasteiger partial charge in [-0.05, 0) is 41.6 Å². The first-order valence-corrected chi connectivity index (χ1v) is 4.96. The van der Waals surface area contributed by atoms with E-state index >= 15 is 0 Å². The third kappa shape index (κ3) is 2.01. The van der Waals surface area contributed by atoms with Gasteiger partial charge in [0.05, 0.1) is 12.3 Å². The number of hydrogen-bond acceptors (Lipinski definition) is 5. The summed E-state index contributed by atoms with van der Waals surface area (Å²) in [7, 11) is 0. The molecule has 2 rings (SSSR count). The molecule has 84 valence electrons. The second-order valence-electron chi connectivity index (χ2n) is 3.09. The lowest BCUT2D eigenvalue weighted by Crippen LogP contribution is -2.03. The molecule has 0 amide bonds. The normalized spacial score (nSPS) is 10.4. The van der Waals surface area contributed by atoms with Crippen molar-refractivity contribution in [3.05, 3.63) is 30.1 Å². The third-order valence-electron chi connectivity index (χ3n) is 2.07. The zero-order valence-electron chi connectivity index (χ0n) is 8.87. The lowest BCUT2D eigenvalue weighted by molar-refractivity contribution is 0.268. The molecule has 0 saturated carbocycles. The molecule has 2 aromatic rings. The highest BCUT2D eigenvalue weighted by Crippen LogP contribution is 2.15. The number of nitrogens with zero attached hydrogens (tertiary/aromatic N) is 4. The Morgan fingerprint density at radius 1 is 1.31 bits per heavy atom. The zero-order chi connectivity index (χ0) is 11.4. The number of aromatic nitrogens is 4. The van der Waals surface area contributed by atoms with Gasteiger partial charge in [0.15, 0.2) is 5.82 Å². The SMILES string of the molecule is CCOc1ccc(-n2nnnc2CO)cc1. The molecule has 0 atom stereocenters. The second-order valence-corrected chi connectivity index (χ2v) is 3.09. The first-order valence-electron chi connectivity index (χ1n) is 4.96. The molecule has 0 unspecified atom stereocenters. The predicted octanol–water partition coefficient (Wildman–Crippen LogP) is 0.553. The molecule has 0 aliphatic rings. The summed E-state index contributed by atoms with van der Waals surface area (Å²) in [5.41, 5.74) is 0.789. The summed E-state index contributed by atoms with van der Waals surface area (Å²) in [6.45, 7) is 2.37. The molecule has 0 spiro atoms. The standard InChI is InChI=1S/C10H12N4O2/c1-2-16-9-5-3-8(4-6-9)14-10(7-15)11-12-13-14/h3-6,15H,2,7H2,1H3. The van der Waals surface area contributed by atoms with E-state index in [1.165, 1.54) is 4.68 Å². The van der Waals surface area contributed by atoms with E-state index in [2.05, 4.69) is 15.5 Å². The lowest BCUT2D eigenvalue weighted by atomic mass is 10.3. The monoisotopic (exact) mass is 220 g/mol. The van der Waals surface area contributed by atoms with Gasteiger partial charge < -0.3 is 9.84 Å². The average molecular weight is 220 g/mol. The van der Waals surface area contributed by atoms with Crippen molar-refractivity contribution in [2.75, 3.05) is 6.61 Å². The Bertz CT molecular complexity index is 452. The molecule has 6 nitrogen and oxygen atoms in total. The van der Waals surface area contributed by atoms with Crippen molar-refractivity contribution in [3.8, 4) is 11.4 Å². The summed E-state index contributed by atoms with van der Waals surface area (Å²) >= 11 is 0. The summed E-state index contributed by atoms with van der Waals surface area (Å²) < 4.78 is 6.81. The van der Waals surface area contributed by atoms with Crippen LogP contribution in [0.15, 0.2) is 24.3 Å². The van der Waals surface area contributed by atoms with E-state index in [1.807, 2.05) is 31.2 Å². The van der Waals surface area contributed by atoms with Crippen molar-refractivity contribution in [2.45, 2.75) is 13.5 Å². The minimum absolute atomic E-state index is 0.194. The molecule has 1 aromatic heterocycles. The van der Waals surface area contributed by atoms with E-state index < -0.39 is 0 Å². The summed E-state index contributed by atoms with van der Waals surface area (Å²) in [5, 5.41) is 20.0. The van der Waals surface area contributed by atoms with Gasteiger partial charge in [-0.3, -0.25) is 0 Å². The lowest BCUT2D eigenvalue weighted by Gasteiger charge is -2.05. The fraction of sp³-hybridized carbons (Fsp3) is 0.300. The van der Waals surface area contributed by atoms with E-state index in [9.17, 15) is 0 Å². The fourth-order valence-electron chi connectivity index (χ4n) is 1.36. The van der Waals surface area contributed by atoms with E-state index in [0.717, 1.165) is 11.4 Å². The molecule has 1 heterocycles. The van der Waals surface area contributed by atoms with Crippen LogP contribution in [0.2, 0.25) is 0 Å². The predicted molar refractivity (Wildman–Crippen MR) is 56.2 cm³/mol. The molecular formula is C10H12N4O2. The maximum atomic E-state index is 9.02. The largest absolute Gasteiger partial charge is 0.494 e. The zero-order valence-corrected chi connectivity index (χ0v) is 8.87. The van der Waals surface area contributed by atoms with Crippen molar-refractivity contribution in [3.63, 3.8) is 0 Å². The smallest absolute Gasteiger partial charge is 0.182 e. The number of aliphatic hydroxyl groups excluding tert-OH is 1. The molecular weight excluding hydrogens is 208 g/mol. The molecule has 6 heteroatoms. The number of tetrazole rings is 1. The fourth-order valence-corrected chi connectivity index (χ4v) is 1.36. The highest BCUT2D eigenvalue weighted by molar-refractivity contribution is 5.36. The second kappa shape index (κ2) is 4.71. The Morgan fingerprint density at radius 3 is 2.69 bits per heavy atom. The van der Waals surface area contributed by atoms with Crippen LogP contribution in [0.4, 0.5) is 0 Å². The molecule has 1 N–H and O–H groups in total. The van der Waals surface area contributed by atoms with Gasteiger partial charge in [0.25, 0.3) is 0 Å². The maximum absolute atomic E-state index is 9.02. The average Bonchev–Trinajstić information content (AvgIpc) is 2.78. The van der Waals surface area contributed by atoms with Gasteiger partial charge in [-0.25, -0.2) is 0 Å². The number of rotatable bonds is 4. The van der Waals surface area contributed by atoms with Crippen LogP contribution >= 0.6 is 0 Å². The molecule has 0 aliphatic heterocycles. The van der Waals surface area contributed by atoms with Gasteiger partial charge in [0.1, 0.15) is 12.4 Å². The van der Waals surface area contributed by atoms with Gasteiger partial charge in [0, 0.05) is 0 Å². The van der Waals surface area contributed by atoms with Crippen molar-refractivity contribution in [1.82, 2.24) is 20.2 Å². The van der Waals surface area contributed by atoms with Crippen LogP contribution in [-0.4, -0.2) is 31.9 Å². The maximum Gasteiger partial charge on any atom is 0.182 e. The van der Waals surface area contributed by atoms with E-state index in [-0.39, 0.29) is 6.61 Å². The van der Waals surface area contributed by atoms with Crippen LogP contribution in [0.1, 0.15) is 12.7 Å². The van der Waals surface area contributed by atoms with Gasteiger partial charge in [-0.2, -0.15) is 4.68 Å². The highest BCUT2D eigenvalue weighted by Gasteiger charge is 2.06. The van der Waals surface area contributed by atoms with E-state index in [4.69, 9.17) is 9.84 Å². The van der Waals surface area contributed by atoms with Gasteiger partial charge in [-0.15, -0.1) is 5.10 Å². The first-order chi connectivity index (χ1) is 7.85. The highest BCUT2D eigenvalue weighted by atomic mass is 16.5. The Balaban J connectivity index is 2.27. The van der Waals surface area contributed by atoms with Crippen molar-refractivity contribution in [2.24, 2.45) is 0 Å². The van der Waals surface area contributed by atoms with Crippen LogP contribution in [0.25, 0.3) is 5.69 Å². The summed E-state index contributed by atoms with van der Waals surface area (Å²) in [4.78, 5) is 0. The minimum Gasteiger partial charge on any atom is -0.494 e. The summed E-state index contributed by atoms with van der Waals surface area (Å²) in [6, 6.07) is 7.34. The van der Waals surface area contributed by atoms with Crippen LogP contribution in [0.3, 0.4) is 0 Å². The molecule has 1 aromatic carbocycles. The first kappa shape index (κ1) is 10.6. The Labute approximate surface area is 92.5 Å². The van der Waals surface area contributed by atoms with E-state index in [1.54, 1.807) is 0 Å². The van der Waals surface area contributed by atoms with E-state index in [0.29, 0.717) is 12.4 Å². The Hall–Kier alpha value is -1.95. The van der Waals surface area contributed by atoms with Crippen molar-refractivity contribution in [1.29, 1.82) is 0 Å². The van der Waals surface area contributed by atoms with Crippen molar-refractivity contribution < 1.29 is 9.84 Å². The van der Waals surface area contributed by atoms with Crippen LogP contribution in [-0.2, 0) is 6.61 Å². The van der Waals surface area contributed by atoms with Gasteiger partial charge >= 0.3 is 0 Å².